The Balaban J connectivity index is 1.53. The zero-order chi connectivity index (χ0) is 29.8. The maximum absolute atomic E-state index is 14.3. The number of carbonyl (C=O) groups is 1. The molecule has 0 aliphatic carbocycles. The van der Waals surface area contributed by atoms with Crippen LogP contribution in [0.1, 0.15) is 30.8 Å². The molecular formula is C36H32N4O3. The van der Waals surface area contributed by atoms with Gasteiger partial charge in [0.2, 0.25) is 0 Å². The molecule has 43 heavy (non-hydrogen) atoms. The van der Waals surface area contributed by atoms with Gasteiger partial charge in [-0.05, 0) is 47.7 Å². The van der Waals surface area contributed by atoms with E-state index in [2.05, 4.69) is 5.32 Å². The lowest BCUT2D eigenvalue weighted by atomic mass is 10.1. The molecule has 0 aliphatic heterocycles. The summed E-state index contributed by atoms with van der Waals surface area (Å²) in [5.41, 5.74) is 2.58. The van der Waals surface area contributed by atoms with Crippen molar-refractivity contribution in [1.82, 2.24) is 14.5 Å². The Morgan fingerprint density at radius 2 is 1.51 bits per heavy atom. The van der Waals surface area contributed by atoms with Crippen LogP contribution in [0.5, 0.6) is 5.75 Å². The van der Waals surface area contributed by atoms with Crippen molar-refractivity contribution in [2.75, 3.05) is 12.4 Å². The summed E-state index contributed by atoms with van der Waals surface area (Å²) in [4.78, 5) is 35.3. The van der Waals surface area contributed by atoms with Crippen LogP contribution in [0.15, 0.2) is 126 Å². The minimum absolute atomic E-state index is 0.224. The molecule has 7 nitrogen and oxygen atoms in total. The number of nitrogens with one attached hydrogen (secondary N) is 1. The van der Waals surface area contributed by atoms with Gasteiger partial charge in [-0.15, -0.1) is 0 Å². The number of para-hydroxylation sites is 3. The first-order valence-electron chi connectivity index (χ1n) is 14.3. The SMILES string of the molecule is CCC(c1nc2ccccc2c(=O)n1-c1ccccc1OC)N(Cc1ccccc1)C(=O)Nc1cccc2ccccc12. The number of ether oxygens (including phenoxy) is 1. The van der Waals surface area contributed by atoms with Gasteiger partial charge >= 0.3 is 6.03 Å². The Morgan fingerprint density at radius 3 is 2.30 bits per heavy atom. The molecule has 0 bridgehead atoms. The van der Waals surface area contributed by atoms with Gasteiger partial charge in [-0.2, -0.15) is 0 Å². The first-order valence-corrected chi connectivity index (χ1v) is 14.3. The van der Waals surface area contributed by atoms with E-state index in [1.54, 1.807) is 22.6 Å². The highest BCUT2D eigenvalue weighted by Gasteiger charge is 2.30. The van der Waals surface area contributed by atoms with Crippen LogP contribution >= 0.6 is 0 Å². The van der Waals surface area contributed by atoms with Gasteiger partial charge in [-0.1, -0.05) is 97.9 Å². The number of urea groups is 1. The number of aromatic nitrogens is 2. The summed E-state index contributed by atoms with van der Waals surface area (Å²) in [7, 11) is 1.58. The van der Waals surface area contributed by atoms with Crippen LogP contribution in [-0.4, -0.2) is 27.6 Å². The van der Waals surface area contributed by atoms with E-state index in [1.165, 1.54) is 0 Å². The summed E-state index contributed by atoms with van der Waals surface area (Å²) >= 11 is 0. The first-order chi connectivity index (χ1) is 21.1. The minimum Gasteiger partial charge on any atom is -0.495 e. The fraction of sp³-hybridized carbons (Fsp3) is 0.139. The second-order valence-electron chi connectivity index (χ2n) is 10.3. The fourth-order valence-corrected chi connectivity index (χ4v) is 5.59. The lowest BCUT2D eigenvalue weighted by Gasteiger charge is -2.33. The van der Waals surface area contributed by atoms with Crippen LogP contribution in [0.4, 0.5) is 10.5 Å². The molecule has 0 fully saturated rings. The number of rotatable bonds is 8. The van der Waals surface area contributed by atoms with Crippen molar-refractivity contribution in [2.45, 2.75) is 25.9 Å². The number of amides is 2. The quantitative estimate of drug-likeness (QED) is 0.204. The summed E-state index contributed by atoms with van der Waals surface area (Å²) in [5.74, 6) is 0.993. The molecule has 0 radical (unpaired) electrons. The van der Waals surface area contributed by atoms with Crippen LogP contribution in [0.2, 0.25) is 0 Å². The molecular weight excluding hydrogens is 536 g/mol. The third kappa shape index (κ3) is 5.45. The number of benzene rings is 5. The van der Waals surface area contributed by atoms with E-state index in [0.29, 0.717) is 46.8 Å². The molecule has 1 aromatic heterocycles. The second-order valence-corrected chi connectivity index (χ2v) is 10.3. The van der Waals surface area contributed by atoms with Crippen LogP contribution in [-0.2, 0) is 6.54 Å². The Hall–Kier alpha value is -5.43. The molecule has 1 atom stereocenters. The predicted octanol–water partition coefficient (Wildman–Crippen LogP) is 7.73. The van der Waals surface area contributed by atoms with Crippen LogP contribution < -0.4 is 15.6 Å². The number of carbonyl (C=O) groups excluding carboxylic acids is 1. The van der Waals surface area contributed by atoms with E-state index < -0.39 is 6.04 Å². The van der Waals surface area contributed by atoms with Crippen LogP contribution in [0.3, 0.4) is 0 Å². The molecule has 0 aliphatic rings. The Labute approximate surface area is 250 Å². The number of anilines is 1. The first kappa shape index (κ1) is 27.7. The van der Waals surface area contributed by atoms with E-state index >= 15 is 0 Å². The summed E-state index contributed by atoms with van der Waals surface area (Å²) in [6.07, 6.45) is 0.510. The van der Waals surface area contributed by atoms with Crippen molar-refractivity contribution in [1.29, 1.82) is 0 Å². The van der Waals surface area contributed by atoms with Crippen LogP contribution in [0.25, 0.3) is 27.4 Å². The molecule has 0 saturated heterocycles. The van der Waals surface area contributed by atoms with Gasteiger partial charge in [0.05, 0.1) is 35.4 Å². The van der Waals surface area contributed by atoms with Gasteiger partial charge in [0, 0.05) is 11.9 Å². The van der Waals surface area contributed by atoms with Gasteiger partial charge in [-0.3, -0.25) is 9.36 Å². The Kier molecular flexibility index (Phi) is 7.87. The summed E-state index contributed by atoms with van der Waals surface area (Å²) < 4.78 is 7.27. The maximum Gasteiger partial charge on any atom is 0.322 e. The molecule has 214 valence electrons. The minimum atomic E-state index is -0.558. The molecule has 1 unspecified atom stereocenters. The average Bonchev–Trinajstić information content (AvgIpc) is 3.05. The van der Waals surface area contributed by atoms with Gasteiger partial charge < -0.3 is 15.0 Å². The highest BCUT2D eigenvalue weighted by molar-refractivity contribution is 6.01. The van der Waals surface area contributed by atoms with Crippen molar-refractivity contribution in [2.24, 2.45) is 0 Å². The molecule has 1 heterocycles. The molecule has 2 amide bonds. The normalized spacial score (nSPS) is 11.8. The fourth-order valence-electron chi connectivity index (χ4n) is 5.59. The summed E-state index contributed by atoms with van der Waals surface area (Å²) in [5, 5.41) is 5.63. The van der Waals surface area contributed by atoms with Crippen molar-refractivity contribution in [3.63, 3.8) is 0 Å². The predicted molar refractivity (Wildman–Crippen MR) is 172 cm³/mol. The van der Waals surface area contributed by atoms with Crippen molar-refractivity contribution >= 4 is 33.4 Å². The lowest BCUT2D eigenvalue weighted by Crippen LogP contribution is -2.40. The third-order valence-corrected chi connectivity index (χ3v) is 7.68. The molecule has 6 aromatic rings. The molecule has 5 aromatic carbocycles. The standard InChI is InChI=1S/C36H32N4O3/c1-3-31(34-37-30-20-10-9-19-28(30)35(41)40(34)32-22-11-12-23-33(32)43-2)39(24-25-14-5-4-6-15-25)36(42)38-29-21-13-17-26-16-7-8-18-27(26)29/h4-23,31H,3,24H2,1-2H3,(H,38,42). The number of methoxy groups -OCH3 is 1. The van der Waals surface area contributed by atoms with Gasteiger partial charge in [0.15, 0.2) is 0 Å². The van der Waals surface area contributed by atoms with Crippen molar-refractivity contribution < 1.29 is 9.53 Å². The molecule has 1 N–H and O–H groups in total. The summed E-state index contributed by atoms with van der Waals surface area (Å²) in [6.45, 7) is 2.31. The smallest absolute Gasteiger partial charge is 0.322 e. The zero-order valence-corrected chi connectivity index (χ0v) is 24.1. The van der Waals surface area contributed by atoms with E-state index in [4.69, 9.17) is 9.72 Å². The van der Waals surface area contributed by atoms with Gasteiger partial charge in [0.1, 0.15) is 11.6 Å². The number of nitrogens with zero attached hydrogens (tertiary/aromatic N) is 3. The lowest BCUT2D eigenvalue weighted by molar-refractivity contribution is 0.177. The molecule has 0 saturated carbocycles. The van der Waals surface area contributed by atoms with Crippen LogP contribution in [0, 0.1) is 0 Å². The average molecular weight is 569 g/mol. The second kappa shape index (κ2) is 12.2. The maximum atomic E-state index is 14.3. The number of fused-ring (bicyclic) bond motifs is 2. The number of hydrogen-bond donors (Lipinski definition) is 1. The topological polar surface area (TPSA) is 76.5 Å². The number of hydrogen-bond acceptors (Lipinski definition) is 4. The summed E-state index contributed by atoms with van der Waals surface area (Å²) in [6, 6.07) is 37.5. The highest BCUT2D eigenvalue weighted by Crippen LogP contribution is 2.32. The largest absolute Gasteiger partial charge is 0.495 e. The molecule has 6 rings (SSSR count). The monoisotopic (exact) mass is 568 g/mol. The molecule has 7 heteroatoms. The van der Waals surface area contributed by atoms with E-state index in [-0.39, 0.29) is 11.6 Å². The van der Waals surface area contributed by atoms with E-state index in [1.807, 2.05) is 122 Å². The zero-order valence-electron chi connectivity index (χ0n) is 24.1. The Morgan fingerprint density at radius 1 is 0.837 bits per heavy atom. The van der Waals surface area contributed by atoms with Gasteiger partial charge in [-0.25, -0.2) is 9.78 Å². The van der Waals surface area contributed by atoms with Crippen molar-refractivity contribution in [3.8, 4) is 11.4 Å². The van der Waals surface area contributed by atoms with E-state index in [0.717, 1.165) is 16.3 Å². The van der Waals surface area contributed by atoms with Gasteiger partial charge in [0.25, 0.3) is 5.56 Å². The van der Waals surface area contributed by atoms with E-state index in [9.17, 15) is 9.59 Å². The highest BCUT2D eigenvalue weighted by atomic mass is 16.5. The van der Waals surface area contributed by atoms with Crippen molar-refractivity contribution in [3.05, 3.63) is 143 Å². The Bertz CT molecular complexity index is 1960. The molecule has 0 spiro atoms. The third-order valence-electron chi connectivity index (χ3n) is 7.68.